The van der Waals surface area contributed by atoms with Crippen molar-refractivity contribution >= 4 is 23.2 Å². The van der Waals surface area contributed by atoms with E-state index in [1.807, 2.05) is 43.3 Å². The van der Waals surface area contributed by atoms with Crippen molar-refractivity contribution in [3.05, 3.63) is 93.0 Å². The third-order valence-corrected chi connectivity index (χ3v) is 5.13. The predicted molar refractivity (Wildman–Crippen MR) is 120 cm³/mol. The van der Waals surface area contributed by atoms with Crippen molar-refractivity contribution in [2.45, 2.75) is 33.5 Å². The molecule has 29 heavy (non-hydrogen) atoms. The van der Waals surface area contributed by atoms with Crippen LogP contribution in [0.15, 0.2) is 60.7 Å². The lowest BCUT2D eigenvalue weighted by Crippen LogP contribution is -2.13. The summed E-state index contributed by atoms with van der Waals surface area (Å²) in [4.78, 5) is 0. The molecule has 0 saturated heterocycles. The van der Waals surface area contributed by atoms with E-state index in [0.29, 0.717) is 41.3 Å². The van der Waals surface area contributed by atoms with E-state index in [2.05, 4.69) is 36.5 Å². The van der Waals surface area contributed by atoms with Crippen molar-refractivity contribution in [3.8, 4) is 11.5 Å². The van der Waals surface area contributed by atoms with Gasteiger partial charge in [0.15, 0.2) is 11.5 Å². The molecule has 3 rings (SSSR count). The first-order valence-electron chi connectivity index (χ1n) is 9.64. The molecule has 152 valence electrons. The number of hydrogen-bond donors (Lipinski definition) is 1. The molecule has 0 atom stereocenters. The Morgan fingerprint density at radius 2 is 1.55 bits per heavy atom. The maximum atomic E-state index is 6.52. The molecule has 0 aliphatic rings. The standard InChI is InChI=1S/C24H25Cl2NO2/c1-3-28-23-13-19(15-27-14-18-10-8-17(2)9-11-18)12-22(26)24(23)29-16-20-6-4-5-7-21(20)25/h4-13,27H,3,14-16H2,1-2H3. The van der Waals surface area contributed by atoms with Crippen molar-refractivity contribution < 1.29 is 9.47 Å². The van der Waals surface area contributed by atoms with Crippen LogP contribution in [0.2, 0.25) is 10.0 Å². The highest BCUT2D eigenvalue weighted by atomic mass is 35.5. The maximum Gasteiger partial charge on any atom is 0.180 e. The fourth-order valence-corrected chi connectivity index (χ4v) is 3.43. The van der Waals surface area contributed by atoms with Gasteiger partial charge in [-0.05, 0) is 43.2 Å². The predicted octanol–water partition coefficient (Wildman–Crippen LogP) is 6.57. The molecule has 0 aliphatic heterocycles. The summed E-state index contributed by atoms with van der Waals surface area (Å²) < 4.78 is 11.8. The van der Waals surface area contributed by atoms with Crippen LogP contribution in [0.25, 0.3) is 0 Å². The molecular formula is C24H25Cl2NO2. The zero-order valence-electron chi connectivity index (χ0n) is 16.7. The van der Waals surface area contributed by atoms with Gasteiger partial charge >= 0.3 is 0 Å². The van der Waals surface area contributed by atoms with Crippen LogP contribution in [0.1, 0.15) is 29.2 Å². The summed E-state index contributed by atoms with van der Waals surface area (Å²) in [7, 11) is 0. The molecule has 3 nitrogen and oxygen atoms in total. The van der Waals surface area contributed by atoms with E-state index in [0.717, 1.165) is 17.7 Å². The Kier molecular flexibility index (Phi) is 7.82. The lowest BCUT2D eigenvalue weighted by Gasteiger charge is -2.16. The number of hydrogen-bond acceptors (Lipinski definition) is 3. The average Bonchev–Trinajstić information content (AvgIpc) is 2.70. The SMILES string of the molecule is CCOc1cc(CNCc2ccc(C)cc2)cc(Cl)c1OCc1ccccc1Cl. The highest BCUT2D eigenvalue weighted by molar-refractivity contribution is 6.32. The molecule has 5 heteroatoms. The van der Waals surface area contributed by atoms with Gasteiger partial charge in [-0.25, -0.2) is 0 Å². The molecule has 0 amide bonds. The summed E-state index contributed by atoms with van der Waals surface area (Å²) >= 11 is 12.7. The number of halogens is 2. The van der Waals surface area contributed by atoms with Crippen LogP contribution < -0.4 is 14.8 Å². The summed E-state index contributed by atoms with van der Waals surface area (Å²) in [5.74, 6) is 1.18. The second-order valence-electron chi connectivity index (χ2n) is 6.81. The van der Waals surface area contributed by atoms with Gasteiger partial charge in [-0.1, -0.05) is 71.2 Å². The topological polar surface area (TPSA) is 30.5 Å². The minimum atomic E-state index is 0.324. The van der Waals surface area contributed by atoms with Gasteiger partial charge in [-0.3, -0.25) is 0 Å². The minimum Gasteiger partial charge on any atom is -0.490 e. The summed E-state index contributed by atoms with van der Waals surface area (Å²) in [6.07, 6.45) is 0. The quantitative estimate of drug-likeness (QED) is 0.417. The molecule has 0 bridgehead atoms. The first-order chi connectivity index (χ1) is 14.1. The van der Waals surface area contributed by atoms with Crippen molar-refractivity contribution in [3.63, 3.8) is 0 Å². The number of rotatable bonds is 9. The average molecular weight is 430 g/mol. The molecule has 0 heterocycles. The molecule has 0 radical (unpaired) electrons. The van der Waals surface area contributed by atoms with E-state index < -0.39 is 0 Å². The zero-order valence-corrected chi connectivity index (χ0v) is 18.2. The van der Waals surface area contributed by atoms with E-state index >= 15 is 0 Å². The van der Waals surface area contributed by atoms with Crippen molar-refractivity contribution in [2.75, 3.05) is 6.61 Å². The van der Waals surface area contributed by atoms with Gasteiger partial charge in [0.05, 0.1) is 11.6 Å². The highest BCUT2D eigenvalue weighted by Gasteiger charge is 2.13. The summed E-state index contributed by atoms with van der Waals surface area (Å²) in [6, 6.07) is 20.0. The lowest BCUT2D eigenvalue weighted by molar-refractivity contribution is 0.269. The van der Waals surface area contributed by atoms with Gasteiger partial charge in [0.2, 0.25) is 0 Å². The monoisotopic (exact) mass is 429 g/mol. The number of ether oxygens (including phenoxy) is 2. The third-order valence-electron chi connectivity index (χ3n) is 4.48. The van der Waals surface area contributed by atoms with Gasteiger partial charge in [-0.2, -0.15) is 0 Å². The molecule has 3 aromatic rings. The van der Waals surface area contributed by atoms with E-state index in [-0.39, 0.29) is 0 Å². The van der Waals surface area contributed by atoms with Gasteiger partial charge in [0.1, 0.15) is 6.61 Å². The molecule has 0 aliphatic carbocycles. The largest absolute Gasteiger partial charge is 0.490 e. The Hall–Kier alpha value is -2.20. The van der Waals surface area contributed by atoms with Crippen molar-refractivity contribution in [1.82, 2.24) is 5.32 Å². The van der Waals surface area contributed by atoms with Crippen molar-refractivity contribution in [2.24, 2.45) is 0 Å². The summed E-state index contributed by atoms with van der Waals surface area (Å²) in [5.41, 5.74) is 4.44. The van der Waals surface area contributed by atoms with Crippen LogP contribution in [-0.2, 0) is 19.7 Å². The van der Waals surface area contributed by atoms with E-state index in [9.17, 15) is 0 Å². The first-order valence-corrected chi connectivity index (χ1v) is 10.4. The zero-order chi connectivity index (χ0) is 20.6. The molecule has 0 unspecified atom stereocenters. The molecule has 3 aromatic carbocycles. The van der Waals surface area contributed by atoms with Crippen LogP contribution in [0, 0.1) is 6.92 Å². The third kappa shape index (κ3) is 6.14. The molecule has 0 aromatic heterocycles. The Labute approximate surface area is 182 Å². The summed E-state index contributed by atoms with van der Waals surface area (Å²) in [6.45, 7) is 6.34. The molecule has 0 fully saturated rings. The fourth-order valence-electron chi connectivity index (χ4n) is 2.95. The van der Waals surface area contributed by atoms with Gasteiger partial charge in [-0.15, -0.1) is 0 Å². The fraction of sp³-hybridized carbons (Fsp3) is 0.250. The Bertz CT molecular complexity index is 942. The van der Waals surface area contributed by atoms with Crippen LogP contribution in [0.5, 0.6) is 11.5 Å². The molecular weight excluding hydrogens is 405 g/mol. The van der Waals surface area contributed by atoms with Crippen LogP contribution >= 0.6 is 23.2 Å². The van der Waals surface area contributed by atoms with Gasteiger partial charge < -0.3 is 14.8 Å². The summed E-state index contributed by atoms with van der Waals surface area (Å²) in [5, 5.41) is 4.63. The lowest BCUT2D eigenvalue weighted by atomic mass is 10.1. The smallest absolute Gasteiger partial charge is 0.180 e. The second-order valence-corrected chi connectivity index (χ2v) is 7.62. The normalized spacial score (nSPS) is 10.8. The molecule has 0 saturated carbocycles. The Morgan fingerprint density at radius 3 is 2.28 bits per heavy atom. The van der Waals surface area contributed by atoms with Crippen molar-refractivity contribution in [1.29, 1.82) is 0 Å². The van der Waals surface area contributed by atoms with Crippen LogP contribution in [0.3, 0.4) is 0 Å². The minimum absolute atomic E-state index is 0.324. The second kappa shape index (κ2) is 10.5. The Morgan fingerprint density at radius 1 is 0.828 bits per heavy atom. The Balaban J connectivity index is 1.68. The van der Waals surface area contributed by atoms with Gasteiger partial charge in [0.25, 0.3) is 0 Å². The highest BCUT2D eigenvalue weighted by Crippen LogP contribution is 2.37. The van der Waals surface area contributed by atoms with Crippen LogP contribution in [0.4, 0.5) is 0 Å². The van der Waals surface area contributed by atoms with E-state index in [4.69, 9.17) is 32.7 Å². The molecule has 0 spiro atoms. The number of nitrogens with one attached hydrogen (secondary N) is 1. The number of aryl methyl sites for hydroxylation is 1. The first kappa shape index (κ1) is 21.5. The number of benzene rings is 3. The maximum absolute atomic E-state index is 6.52. The van der Waals surface area contributed by atoms with E-state index in [1.165, 1.54) is 11.1 Å². The van der Waals surface area contributed by atoms with Gasteiger partial charge in [0, 0.05) is 23.7 Å². The van der Waals surface area contributed by atoms with E-state index in [1.54, 1.807) is 0 Å². The molecule has 1 N–H and O–H groups in total. The van der Waals surface area contributed by atoms with Crippen LogP contribution in [-0.4, -0.2) is 6.61 Å².